The fourth-order valence-electron chi connectivity index (χ4n) is 2.20. The second kappa shape index (κ2) is 7.22. The third kappa shape index (κ3) is 4.70. The van der Waals surface area contributed by atoms with Crippen molar-refractivity contribution < 1.29 is 9.59 Å². The van der Waals surface area contributed by atoms with Gasteiger partial charge >= 0.3 is 0 Å². The quantitative estimate of drug-likeness (QED) is 0.891. The molecule has 0 saturated carbocycles. The topological polar surface area (TPSA) is 58.2 Å². The highest BCUT2D eigenvalue weighted by molar-refractivity contribution is 7.11. The van der Waals surface area contributed by atoms with Crippen molar-refractivity contribution >= 4 is 23.2 Å². The number of hydrogen-bond acceptors (Lipinski definition) is 3. The Morgan fingerprint density at radius 3 is 2.27 bits per heavy atom. The van der Waals surface area contributed by atoms with Crippen molar-refractivity contribution in [3.05, 3.63) is 56.8 Å². The molecule has 0 atom stereocenters. The fourth-order valence-corrected chi connectivity index (χ4v) is 3.03. The van der Waals surface area contributed by atoms with Crippen molar-refractivity contribution in [1.29, 1.82) is 0 Å². The van der Waals surface area contributed by atoms with Crippen LogP contribution in [0.4, 0.5) is 0 Å². The summed E-state index contributed by atoms with van der Waals surface area (Å²) in [6.45, 7) is 6.39. The molecule has 0 spiro atoms. The van der Waals surface area contributed by atoms with Crippen molar-refractivity contribution in [2.75, 3.05) is 6.54 Å². The highest BCUT2D eigenvalue weighted by Gasteiger charge is 2.09. The summed E-state index contributed by atoms with van der Waals surface area (Å²) in [4.78, 5) is 26.1. The van der Waals surface area contributed by atoms with E-state index in [4.69, 9.17) is 0 Å². The Hall–Kier alpha value is -2.14. The maximum atomic E-state index is 12.0. The summed E-state index contributed by atoms with van der Waals surface area (Å²) in [6, 6.07) is 9.65. The van der Waals surface area contributed by atoms with Crippen LogP contribution in [0.25, 0.3) is 0 Å². The van der Waals surface area contributed by atoms with Gasteiger partial charge in [0.25, 0.3) is 5.91 Å². The summed E-state index contributed by atoms with van der Waals surface area (Å²) < 4.78 is 0. The van der Waals surface area contributed by atoms with E-state index in [9.17, 15) is 9.59 Å². The standard InChI is InChI=1S/C17H20N2O2S/c1-11-6-12(2)8-14(7-11)17(21)19-10-16(20)18-9-15-5-4-13(3)22-15/h4-8H,9-10H2,1-3H3,(H,18,20)(H,19,21). The van der Waals surface area contributed by atoms with Crippen LogP contribution in [-0.4, -0.2) is 18.4 Å². The molecule has 4 nitrogen and oxygen atoms in total. The van der Waals surface area contributed by atoms with Gasteiger partial charge in [-0.1, -0.05) is 17.2 Å². The van der Waals surface area contributed by atoms with Gasteiger partial charge < -0.3 is 10.6 Å². The molecule has 5 heteroatoms. The summed E-state index contributed by atoms with van der Waals surface area (Å²) in [5.41, 5.74) is 2.64. The third-order valence-electron chi connectivity index (χ3n) is 3.15. The van der Waals surface area contributed by atoms with E-state index in [1.54, 1.807) is 11.3 Å². The number of aryl methyl sites for hydroxylation is 3. The van der Waals surface area contributed by atoms with Crippen LogP contribution >= 0.6 is 11.3 Å². The minimum atomic E-state index is -0.228. The van der Waals surface area contributed by atoms with Gasteiger partial charge in [-0.25, -0.2) is 0 Å². The zero-order valence-corrected chi connectivity index (χ0v) is 13.8. The smallest absolute Gasteiger partial charge is 0.251 e. The second-order valence-electron chi connectivity index (χ2n) is 5.35. The van der Waals surface area contributed by atoms with E-state index < -0.39 is 0 Å². The first-order chi connectivity index (χ1) is 10.4. The molecule has 0 saturated heterocycles. The number of carbonyl (C=O) groups excluding carboxylic acids is 2. The van der Waals surface area contributed by atoms with Crippen molar-refractivity contribution in [3.8, 4) is 0 Å². The molecular weight excluding hydrogens is 296 g/mol. The van der Waals surface area contributed by atoms with Crippen LogP contribution in [0.5, 0.6) is 0 Å². The van der Waals surface area contributed by atoms with Gasteiger partial charge in [0.2, 0.25) is 5.91 Å². The summed E-state index contributed by atoms with van der Waals surface area (Å²) in [7, 11) is 0. The maximum Gasteiger partial charge on any atom is 0.251 e. The molecule has 1 heterocycles. The van der Waals surface area contributed by atoms with E-state index in [2.05, 4.69) is 10.6 Å². The lowest BCUT2D eigenvalue weighted by atomic mass is 10.1. The van der Waals surface area contributed by atoms with Crippen LogP contribution in [0.15, 0.2) is 30.3 Å². The second-order valence-corrected chi connectivity index (χ2v) is 6.72. The fraction of sp³-hybridized carbons (Fsp3) is 0.294. The molecule has 0 aliphatic carbocycles. The minimum absolute atomic E-state index is 0.0177. The van der Waals surface area contributed by atoms with Crippen LogP contribution in [-0.2, 0) is 11.3 Å². The number of nitrogens with one attached hydrogen (secondary N) is 2. The van der Waals surface area contributed by atoms with Gasteiger partial charge in [-0.3, -0.25) is 9.59 Å². The van der Waals surface area contributed by atoms with Gasteiger partial charge in [0.15, 0.2) is 0 Å². The summed E-state index contributed by atoms with van der Waals surface area (Å²) in [5.74, 6) is -0.419. The Balaban J connectivity index is 1.81. The van der Waals surface area contributed by atoms with E-state index >= 15 is 0 Å². The van der Waals surface area contributed by atoms with E-state index in [0.29, 0.717) is 12.1 Å². The Morgan fingerprint density at radius 1 is 1.00 bits per heavy atom. The number of amides is 2. The molecule has 1 aromatic carbocycles. The normalized spacial score (nSPS) is 10.3. The molecule has 0 unspecified atom stereocenters. The molecular formula is C17H20N2O2S. The number of thiophene rings is 1. The van der Waals surface area contributed by atoms with Gasteiger partial charge in [-0.2, -0.15) is 0 Å². The van der Waals surface area contributed by atoms with Gasteiger partial charge in [-0.05, 0) is 45.0 Å². The molecule has 0 aliphatic heterocycles. The molecule has 22 heavy (non-hydrogen) atoms. The molecule has 2 rings (SSSR count). The molecule has 0 radical (unpaired) electrons. The molecule has 2 aromatic rings. The largest absolute Gasteiger partial charge is 0.350 e. The first-order valence-electron chi connectivity index (χ1n) is 7.12. The van der Waals surface area contributed by atoms with Crippen LogP contribution in [0.1, 0.15) is 31.2 Å². The van der Waals surface area contributed by atoms with Gasteiger partial charge in [-0.15, -0.1) is 11.3 Å². The SMILES string of the molecule is Cc1cc(C)cc(C(=O)NCC(=O)NCc2ccc(C)s2)c1. The summed E-state index contributed by atoms with van der Waals surface area (Å²) in [6.07, 6.45) is 0. The van der Waals surface area contributed by atoms with E-state index in [1.165, 1.54) is 4.88 Å². The third-order valence-corrected chi connectivity index (χ3v) is 4.15. The number of carbonyl (C=O) groups is 2. The van der Waals surface area contributed by atoms with Crippen LogP contribution in [0.3, 0.4) is 0 Å². The zero-order valence-electron chi connectivity index (χ0n) is 13.0. The van der Waals surface area contributed by atoms with Crippen LogP contribution < -0.4 is 10.6 Å². The first-order valence-corrected chi connectivity index (χ1v) is 7.94. The van der Waals surface area contributed by atoms with E-state index in [0.717, 1.165) is 16.0 Å². The average molecular weight is 316 g/mol. The highest BCUT2D eigenvalue weighted by atomic mass is 32.1. The predicted octanol–water partition coefficient (Wildman–Crippen LogP) is 2.72. The summed E-state index contributed by atoms with van der Waals surface area (Å²) >= 11 is 1.65. The van der Waals surface area contributed by atoms with Gasteiger partial charge in [0.05, 0.1) is 13.1 Å². The first kappa shape index (κ1) is 16.2. The van der Waals surface area contributed by atoms with E-state index in [-0.39, 0.29) is 18.4 Å². The lowest BCUT2D eigenvalue weighted by Gasteiger charge is -2.07. The number of rotatable bonds is 5. The maximum absolute atomic E-state index is 12.0. The monoisotopic (exact) mass is 316 g/mol. The van der Waals surface area contributed by atoms with Crippen molar-refractivity contribution in [2.45, 2.75) is 27.3 Å². The predicted molar refractivity (Wildman–Crippen MR) is 89.2 cm³/mol. The molecule has 116 valence electrons. The molecule has 0 aliphatic rings. The minimum Gasteiger partial charge on any atom is -0.350 e. The van der Waals surface area contributed by atoms with Gasteiger partial charge in [0.1, 0.15) is 0 Å². The van der Waals surface area contributed by atoms with Crippen molar-refractivity contribution in [1.82, 2.24) is 10.6 Å². The molecule has 1 aromatic heterocycles. The van der Waals surface area contributed by atoms with Crippen LogP contribution in [0, 0.1) is 20.8 Å². The average Bonchev–Trinajstić information content (AvgIpc) is 2.87. The van der Waals surface area contributed by atoms with Crippen molar-refractivity contribution in [3.63, 3.8) is 0 Å². The highest BCUT2D eigenvalue weighted by Crippen LogP contribution is 2.14. The van der Waals surface area contributed by atoms with Crippen LogP contribution in [0.2, 0.25) is 0 Å². The molecule has 2 amide bonds. The molecule has 2 N–H and O–H groups in total. The van der Waals surface area contributed by atoms with E-state index in [1.807, 2.05) is 51.1 Å². The Bertz CT molecular complexity index is 671. The van der Waals surface area contributed by atoms with Gasteiger partial charge in [0, 0.05) is 15.3 Å². The molecule has 0 fully saturated rings. The lowest BCUT2D eigenvalue weighted by molar-refractivity contribution is -0.120. The Labute approximate surface area is 134 Å². The van der Waals surface area contributed by atoms with Crippen molar-refractivity contribution in [2.24, 2.45) is 0 Å². The Morgan fingerprint density at radius 2 is 1.68 bits per heavy atom. The Kier molecular flexibility index (Phi) is 5.33. The lowest BCUT2D eigenvalue weighted by Crippen LogP contribution is -2.36. The number of benzene rings is 1. The number of hydrogen-bond donors (Lipinski definition) is 2. The summed E-state index contributed by atoms with van der Waals surface area (Å²) in [5, 5.41) is 5.45. The zero-order chi connectivity index (χ0) is 16.1. The molecule has 0 bridgehead atoms.